The Morgan fingerprint density at radius 2 is 1.85 bits per heavy atom. The average Bonchev–Trinajstić information content (AvgIpc) is 3.16. The number of benzene rings is 1. The van der Waals surface area contributed by atoms with Gasteiger partial charge in [-0.25, -0.2) is 19.3 Å². The fourth-order valence-corrected chi connectivity index (χ4v) is 4.17. The lowest BCUT2D eigenvalue weighted by molar-refractivity contribution is 0.0651. The summed E-state index contributed by atoms with van der Waals surface area (Å²) in [4.78, 5) is 27.1. The van der Waals surface area contributed by atoms with Gasteiger partial charge in [-0.05, 0) is 50.5 Å². The average molecular weight is 473 g/mol. The van der Waals surface area contributed by atoms with Gasteiger partial charge in [-0.3, -0.25) is 4.79 Å². The summed E-state index contributed by atoms with van der Waals surface area (Å²) in [5, 5.41) is 3.11. The second kappa shape index (κ2) is 9.84. The van der Waals surface area contributed by atoms with E-state index in [2.05, 4.69) is 20.3 Å². The number of halogens is 2. The van der Waals surface area contributed by atoms with Gasteiger partial charge in [-0.2, -0.15) is 0 Å². The van der Waals surface area contributed by atoms with Crippen molar-refractivity contribution in [2.24, 2.45) is 0 Å². The maximum absolute atomic E-state index is 14.7. The molecular formula is C23H26ClFN6O2. The highest BCUT2D eigenvalue weighted by molar-refractivity contribution is 5.95. The van der Waals surface area contributed by atoms with E-state index in [4.69, 9.17) is 4.74 Å². The number of carbonyl (C=O) groups is 1. The third kappa shape index (κ3) is 4.69. The van der Waals surface area contributed by atoms with E-state index in [1.807, 2.05) is 16.4 Å². The molecule has 0 unspecified atom stereocenters. The first-order valence-electron chi connectivity index (χ1n) is 10.9. The first-order chi connectivity index (χ1) is 15.6. The molecule has 1 amide bonds. The molecule has 0 spiro atoms. The minimum Gasteiger partial charge on any atom is -0.381 e. The van der Waals surface area contributed by atoms with Crippen LogP contribution in [0.4, 0.5) is 16.0 Å². The predicted octanol–water partition coefficient (Wildman–Crippen LogP) is 4.15. The summed E-state index contributed by atoms with van der Waals surface area (Å²) < 4.78 is 22.3. The lowest BCUT2D eigenvalue weighted by Gasteiger charge is -2.30. The van der Waals surface area contributed by atoms with Crippen molar-refractivity contribution in [3.63, 3.8) is 0 Å². The van der Waals surface area contributed by atoms with Crippen LogP contribution in [0.5, 0.6) is 0 Å². The molecule has 0 bridgehead atoms. The van der Waals surface area contributed by atoms with E-state index < -0.39 is 5.82 Å². The van der Waals surface area contributed by atoms with E-state index in [-0.39, 0.29) is 36.0 Å². The SMILES string of the molecule is Cc1ncc(-c2nc(Nc3ccc(C(=O)N4CCC4)cc3)ncc2F)n1C1CCOCC1.Cl. The van der Waals surface area contributed by atoms with Gasteiger partial charge in [0, 0.05) is 43.6 Å². The summed E-state index contributed by atoms with van der Waals surface area (Å²) in [5.41, 5.74) is 2.20. The minimum absolute atomic E-state index is 0. The van der Waals surface area contributed by atoms with Crippen LogP contribution in [0.25, 0.3) is 11.4 Å². The van der Waals surface area contributed by atoms with Gasteiger partial charge >= 0.3 is 0 Å². The summed E-state index contributed by atoms with van der Waals surface area (Å²) in [5.74, 6) is 0.640. The lowest BCUT2D eigenvalue weighted by atomic mass is 10.1. The number of hydrogen-bond donors (Lipinski definition) is 1. The van der Waals surface area contributed by atoms with E-state index in [9.17, 15) is 9.18 Å². The zero-order valence-electron chi connectivity index (χ0n) is 18.3. The number of nitrogens with zero attached hydrogens (tertiary/aromatic N) is 5. The van der Waals surface area contributed by atoms with Crippen molar-refractivity contribution in [2.75, 3.05) is 31.6 Å². The quantitative estimate of drug-likeness (QED) is 0.600. The van der Waals surface area contributed by atoms with Crippen molar-refractivity contribution in [1.82, 2.24) is 24.4 Å². The van der Waals surface area contributed by atoms with E-state index in [1.54, 1.807) is 30.5 Å². The zero-order chi connectivity index (χ0) is 22.1. The molecule has 2 aliphatic rings. The maximum atomic E-state index is 14.7. The number of aromatic nitrogens is 4. The second-order valence-corrected chi connectivity index (χ2v) is 8.14. The molecule has 0 atom stereocenters. The van der Waals surface area contributed by atoms with E-state index in [0.717, 1.165) is 43.9 Å². The Labute approximate surface area is 197 Å². The molecule has 4 heterocycles. The molecule has 1 aromatic carbocycles. The van der Waals surface area contributed by atoms with Crippen molar-refractivity contribution in [2.45, 2.75) is 32.2 Å². The first kappa shape index (κ1) is 23.1. The Kier molecular flexibility index (Phi) is 6.90. The molecule has 2 saturated heterocycles. The van der Waals surface area contributed by atoms with Crippen molar-refractivity contribution in [1.29, 1.82) is 0 Å². The van der Waals surface area contributed by atoms with Crippen molar-refractivity contribution in [3.8, 4) is 11.4 Å². The molecule has 8 nitrogen and oxygen atoms in total. The number of aryl methyl sites for hydroxylation is 1. The molecule has 1 N–H and O–H groups in total. The van der Waals surface area contributed by atoms with Crippen LogP contribution in [-0.2, 0) is 4.74 Å². The zero-order valence-corrected chi connectivity index (χ0v) is 19.1. The van der Waals surface area contributed by atoms with Gasteiger partial charge in [0.15, 0.2) is 5.82 Å². The van der Waals surface area contributed by atoms with Crippen LogP contribution in [0, 0.1) is 12.7 Å². The van der Waals surface area contributed by atoms with Crippen molar-refractivity contribution in [3.05, 3.63) is 53.9 Å². The highest BCUT2D eigenvalue weighted by Crippen LogP contribution is 2.31. The monoisotopic (exact) mass is 472 g/mol. The number of hydrogen-bond acceptors (Lipinski definition) is 6. The second-order valence-electron chi connectivity index (χ2n) is 8.14. The lowest BCUT2D eigenvalue weighted by Crippen LogP contribution is -2.41. The molecule has 0 aliphatic carbocycles. The molecule has 0 saturated carbocycles. The van der Waals surface area contributed by atoms with Crippen LogP contribution in [0.2, 0.25) is 0 Å². The third-order valence-electron chi connectivity index (χ3n) is 6.06. The fraction of sp³-hybridized carbons (Fsp3) is 0.391. The summed E-state index contributed by atoms with van der Waals surface area (Å²) in [6, 6.07) is 7.35. The largest absolute Gasteiger partial charge is 0.381 e. The van der Waals surface area contributed by atoms with E-state index in [0.29, 0.717) is 24.5 Å². The molecular weight excluding hydrogens is 447 g/mol. The Balaban J connectivity index is 0.00000259. The van der Waals surface area contributed by atoms with Gasteiger partial charge in [0.05, 0.1) is 18.1 Å². The fourth-order valence-electron chi connectivity index (χ4n) is 4.17. The number of anilines is 2. The Hall–Kier alpha value is -3.04. The number of amides is 1. The maximum Gasteiger partial charge on any atom is 0.253 e. The van der Waals surface area contributed by atoms with E-state index >= 15 is 0 Å². The number of imidazole rings is 1. The van der Waals surface area contributed by atoms with Crippen LogP contribution in [0.1, 0.15) is 41.5 Å². The first-order valence-corrected chi connectivity index (χ1v) is 10.9. The molecule has 0 radical (unpaired) electrons. The Bertz CT molecular complexity index is 1130. The third-order valence-corrected chi connectivity index (χ3v) is 6.06. The van der Waals surface area contributed by atoms with Gasteiger partial charge in [0.1, 0.15) is 11.5 Å². The van der Waals surface area contributed by atoms with Crippen LogP contribution in [0.3, 0.4) is 0 Å². The van der Waals surface area contributed by atoms with Gasteiger partial charge < -0.3 is 19.5 Å². The molecule has 10 heteroatoms. The van der Waals surface area contributed by atoms with Crippen LogP contribution in [-0.4, -0.2) is 56.6 Å². The van der Waals surface area contributed by atoms with Crippen LogP contribution in [0.15, 0.2) is 36.7 Å². The summed E-state index contributed by atoms with van der Waals surface area (Å²) >= 11 is 0. The number of likely N-dealkylation sites (tertiary alicyclic amines) is 1. The van der Waals surface area contributed by atoms with Gasteiger partial charge in [0.2, 0.25) is 5.95 Å². The van der Waals surface area contributed by atoms with E-state index in [1.165, 1.54) is 6.20 Å². The standard InChI is InChI=1S/C23H25FN6O2.ClH/c1-15-25-14-20(30(15)18-7-11-32-12-8-18)21-19(24)13-26-23(28-21)27-17-5-3-16(4-6-17)22(31)29-9-2-10-29;/h3-6,13-14,18H,2,7-12H2,1H3,(H,26,27,28);1H. The molecule has 33 heavy (non-hydrogen) atoms. The molecule has 5 rings (SSSR count). The van der Waals surface area contributed by atoms with Crippen LogP contribution < -0.4 is 5.32 Å². The van der Waals surface area contributed by atoms with Gasteiger partial charge in [0.25, 0.3) is 5.91 Å². The van der Waals surface area contributed by atoms with Gasteiger partial charge in [-0.15, -0.1) is 12.4 Å². The molecule has 3 aromatic rings. The number of rotatable bonds is 5. The van der Waals surface area contributed by atoms with Crippen LogP contribution >= 0.6 is 12.4 Å². The van der Waals surface area contributed by atoms with Gasteiger partial charge in [-0.1, -0.05) is 0 Å². The Morgan fingerprint density at radius 1 is 1.12 bits per heavy atom. The van der Waals surface area contributed by atoms with Crippen molar-refractivity contribution < 1.29 is 13.9 Å². The summed E-state index contributed by atoms with van der Waals surface area (Å²) in [6.45, 7) is 4.90. The minimum atomic E-state index is -0.501. The number of ether oxygens (including phenoxy) is 1. The Morgan fingerprint density at radius 3 is 2.52 bits per heavy atom. The number of nitrogens with one attached hydrogen (secondary N) is 1. The highest BCUT2D eigenvalue weighted by atomic mass is 35.5. The predicted molar refractivity (Wildman–Crippen MR) is 125 cm³/mol. The molecule has 2 fully saturated rings. The normalized spacial score (nSPS) is 16.1. The smallest absolute Gasteiger partial charge is 0.253 e. The molecule has 2 aliphatic heterocycles. The topological polar surface area (TPSA) is 85.2 Å². The molecule has 174 valence electrons. The summed E-state index contributed by atoms with van der Waals surface area (Å²) in [7, 11) is 0. The highest BCUT2D eigenvalue weighted by Gasteiger charge is 2.24. The summed E-state index contributed by atoms with van der Waals surface area (Å²) in [6.07, 6.45) is 5.59. The van der Waals surface area contributed by atoms with Crippen molar-refractivity contribution >= 4 is 29.9 Å². The molecule has 2 aromatic heterocycles. The number of carbonyl (C=O) groups excluding carboxylic acids is 1.